The van der Waals surface area contributed by atoms with Gasteiger partial charge in [-0.1, -0.05) is 31.0 Å². The van der Waals surface area contributed by atoms with Crippen LogP contribution in [0.15, 0.2) is 43.0 Å². The quantitative estimate of drug-likeness (QED) is 0.877. The zero-order valence-electron chi connectivity index (χ0n) is 14.6. The van der Waals surface area contributed by atoms with Gasteiger partial charge in [0.05, 0.1) is 18.1 Å². The lowest BCUT2D eigenvalue weighted by Crippen LogP contribution is -2.42. The summed E-state index contributed by atoms with van der Waals surface area (Å²) in [6, 6.07) is 7.82. The monoisotopic (exact) mass is 342 g/mol. The molecule has 1 aromatic heterocycles. The van der Waals surface area contributed by atoms with Crippen molar-refractivity contribution >= 4 is 6.03 Å². The maximum Gasteiger partial charge on any atom is 0.317 e. The van der Waals surface area contributed by atoms with E-state index >= 15 is 0 Å². The highest BCUT2D eigenvalue weighted by molar-refractivity contribution is 5.74. The standard InChI is InChI=1S/C19H26N4O2/c1-22(13-16-7-3-5-9-18(16)24)19(25)21-12-15-6-2-4-8-17(15)23-11-10-20-14-23/h2,4,6,8,10-11,14,16,18,24H,3,5,7,9,12-13H2,1H3,(H,21,25). The van der Waals surface area contributed by atoms with E-state index in [-0.39, 0.29) is 18.1 Å². The van der Waals surface area contributed by atoms with Crippen molar-refractivity contribution in [3.63, 3.8) is 0 Å². The Hall–Kier alpha value is -2.34. The van der Waals surface area contributed by atoms with Crippen molar-refractivity contribution in [3.8, 4) is 5.69 Å². The number of aliphatic hydroxyl groups is 1. The summed E-state index contributed by atoms with van der Waals surface area (Å²) in [5, 5.41) is 13.1. The number of imidazole rings is 1. The van der Waals surface area contributed by atoms with Gasteiger partial charge in [-0.2, -0.15) is 0 Å². The Labute approximate surface area is 148 Å². The number of rotatable bonds is 5. The first-order valence-corrected chi connectivity index (χ1v) is 8.88. The highest BCUT2D eigenvalue weighted by atomic mass is 16.3. The number of carbonyl (C=O) groups excluding carboxylic acids is 1. The number of carbonyl (C=O) groups is 1. The maximum absolute atomic E-state index is 12.4. The minimum absolute atomic E-state index is 0.113. The molecule has 134 valence electrons. The molecule has 1 aromatic carbocycles. The Morgan fingerprint density at radius 2 is 2.16 bits per heavy atom. The fourth-order valence-electron chi connectivity index (χ4n) is 3.46. The number of nitrogens with one attached hydrogen (secondary N) is 1. The van der Waals surface area contributed by atoms with Gasteiger partial charge < -0.3 is 19.9 Å². The molecule has 6 heteroatoms. The molecule has 1 heterocycles. The Balaban J connectivity index is 1.57. The van der Waals surface area contributed by atoms with E-state index in [9.17, 15) is 9.90 Å². The van der Waals surface area contributed by atoms with Gasteiger partial charge in [-0.25, -0.2) is 9.78 Å². The molecule has 6 nitrogen and oxygen atoms in total. The van der Waals surface area contributed by atoms with E-state index in [2.05, 4.69) is 10.3 Å². The van der Waals surface area contributed by atoms with Crippen molar-refractivity contribution in [1.29, 1.82) is 0 Å². The van der Waals surface area contributed by atoms with Gasteiger partial charge >= 0.3 is 6.03 Å². The Kier molecular flexibility index (Phi) is 5.71. The molecule has 0 spiro atoms. The van der Waals surface area contributed by atoms with Gasteiger partial charge in [0.2, 0.25) is 0 Å². The van der Waals surface area contributed by atoms with Crippen LogP contribution in [0.4, 0.5) is 4.79 Å². The molecule has 1 fully saturated rings. The second kappa shape index (κ2) is 8.16. The van der Waals surface area contributed by atoms with Gasteiger partial charge in [-0.3, -0.25) is 0 Å². The van der Waals surface area contributed by atoms with Crippen LogP contribution in [0.25, 0.3) is 5.69 Å². The number of hydrogen-bond acceptors (Lipinski definition) is 3. The zero-order chi connectivity index (χ0) is 17.6. The molecule has 0 saturated heterocycles. The normalized spacial score (nSPS) is 20.2. The van der Waals surface area contributed by atoms with Gasteiger partial charge in [0.15, 0.2) is 0 Å². The summed E-state index contributed by atoms with van der Waals surface area (Å²) in [7, 11) is 1.79. The van der Waals surface area contributed by atoms with Gasteiger partial charge in [-0.15, -0.1) is 0 Å². The average molecular weight is 342 g/mol. The van der Waals surface area contributed by atoms with Gasteiger partial charge in [-0.05, 0) is 24.5 Å². The summed E-state index contributed by atoms with van der Waals surface area (Å²) < 4.78 is 1.93. The largest absolute Gasteiger partial charge is 0.393 e. The topological polar surface area (TPSA) is 70.4 Å². The lowest BCUT2D eigenvalue weighted by Gasteiger charge is -2.31. The first-order valence-electron chi connectivity index (χ1n) is 8.88. The number of benzene rings is 1. The average Bonchev–Trinajstić information content (AvgIpc) is 3.16. The molecular formula is C19H26N4O2. The number of aliphatic hydroxyl groups excluding tert-OH is 1. The van der Waals surface area contributed by atoms with Crippen LogP contribution >= 0.6 is 0 Å². The summed E-state index contributed by atoms with van der Waals surface area (Å²) >= 11 is 0. The lowest BCUT2D eigenvalue weighted by molar-refractivity contribution is 0.0565. The van der Waals surface area contributed by atoms with Crippen LogP contribution in [0.3, 0.4) is 0 Å². The molecule has 1 aliphatic rings. The van der Waals surface area contributed by atoms with Crippen LogP contribution in [0.2, 0.25) is 0 Å². The molecule has 3 rings (SSSR count). The molecule has 2 atom stereocenters. The summed E-state index contributed by atoms with van der Waals surface area (Å²) in [4.78, 5) is 18.2. The third-order valence-corrected chi connectivity index (χ3v) is 4.93. The molecule has 25 heavy (non-hydrogen) atoms. The Morgan fingerprint density at radius 1 is 1.36 bits per heavy atom. The van der Waals surface area contributed by atoms with Crippen LogP contribution in [0, 0.1) is 5.92 Å². The first-order chi connectivity index (χ1) is 12.1. The van der Waals surface area contributed by atoms with E-state index in [4.69, 9.17) is 0 Å². The van der Waals surface area contributed by atoms with E-state index in [1.807, 2.05) is 35.0 Å². The van der Waals surface area contributed by atoms with E-state index in [1.54, 1.807) is 24.5 Å². The zero-order valence-corrected chi connectivity index (χ0v) is 14.6. The number of aromatic nitrogens is 2. The van der Waals surface area contributed by atoms with Crippen molar-refractivity contribution in [2.75, 3.05) is 13.6 Å². The maximum atomic E-state index is 12.4. The van der Waals surface area contributed by atoms with Gasteiger partial charge in [0.25, 0.3) is 0 Å². The van der Waals surface area contributed by atoms with Crippen LogP contribution in [0.5, 0.6) is 0 Å². The van der Waals surface area contributed by atoms with Gasteiger partial charge in [0.1, 0.15) is 0 Å². The molecule has 0 bridgehead atoms. The minimum Gasteiger partial charge on any atom is -0.393 e. The third-order valence-electron chi connectivity index (χ3n) is 4.93. The number of amides is 2. The fraction of sp³-hybridized carbons (Fsp3) is 0.474. The summed E-state index contributed by atoms with van der Waals surface area (Å²) in [5.41, 5.74) is 2.03. The fourth-order valence-corrected chi connectivity index (χ4v) is 3.46. The van der Waals surface area contributed by atoms with Crippen molar-refractivity contribution in [3.05, 3.63) is 48.5 Å². The molecule has 2 N–H and O–H groups in total. The molecular weight excluding hydrogens is 316 g/mol. The summed E-state index contributed by atoms with van der Waals surface area (Å²) in [5.74, 6) is 0.183. The number of nitrogens with zero attached hydrogens (tertiary/aromatic N) is 3. The molecule has 1 aliphatic carbocycles. The predicted molar refractivity (Wildman–Crippen MR) is 96.4 cm³/mol. The lowest BCUT2D eigenvalue weighted by atomic mass is 9.86. The molecule has 2 amide bonds. The Morgan fingerprint density at radius 3 is 2.92 bits per heavy atom. The van der Waals surface area contributed by atoms with Crippen molar-refractivity contribution < 1.29 is 9.90 Å². The van der Waals surface area contributed by atoms with E-state index in [0.717, 1.165) is 36.9 Å². The van der Waals surface area contributed by atoms with Crippen LogP contribution < -0.4 is 5.32 Å². The predicted octanol–water partition coefficient (Wildman–Crippen LogP) is 2.56. The molecule has 0 radical (unpaired) electrons. The molecule has 0 aliphatic heterocycles. The van der Waals surface area contributed by atoms with Crippen molar-refractivity contribution in [2.24, 2.45) is 5.92 Å². The molecule has 2 unspecified atom stereocenters. The second-order valence-corrected chi connectivity index (χ2v) is 6.75. The van der Waals surface area contributed by atoms with E-state index in [1.165, 1.54) is 0 Å². The highest BCUT2D eigenvalue weighted by Gasteiger charge is 2.25. The number of hydrogen-bond donors (Lipinski definition) is 2. The highest BCUT2D eigenvalue weighted by Crippen LogP contribution is 2.24. The summed E-state index contributed by atoms with van der Waals surface area (Å²) in [6.07, 6.45) is 9.13. The SMILES string of the molecule is CN(CC1CCCCC1O)C(=O)NCc1ccccc1-n1ccnc1. The van der Waals surface area contributed by atoms with E-state index in [0.29, 0.717) is 13.1 Å². The first kappa shape index (κ1) is 17.5. The molecule has 1 saturated carbocycles. The third kappa shape index (κ3) is 4.39. The number of urea groups is 1. The van der Waals surface area contributed by atoms with E-state index < -0.39 is 0 Å². The van der Waals surface area contributed by atoms with Crippen LogP contribution in [-0.2, 0) is 6.54 Å². The number of para-hydroxylation sites is 1. The van der Waals surface area contributed by atoms with Crippen molar-refractivity contribution in [2.45, 2.75) is 38.3 Å². The Bertz CT molecular complexity index is 686. The smallest absolute Gasteiger partial charge is 0.317 e. The minimum atomic E-state index is -0.286. The van der Waals surface area contributed by atoms with Gasteiger partial charge in [0, 0.05) is 38.4 Å². The summed E-state index contributed by atoms with van der Waals surface area (Å²) in [6.45, 7) is 1.04. The van der Waals surface area contributed by atoms with Crippen LogP contribution in [-0.4, -0.2) is 45.3 Å². The second-order valence-electron chi connectivity index (χ2n) is 6.75. The van der Waals surface area contributed by atoms with Crippen molar-refractivity contribution in [1.82, 2.24) is 19.8 Å². The van der Waals surface area contributed by atoms with Crippen LogP contribution in [0.1, 0.15) is 31.2 Å². The molecule has 2 aromatic rings.